The van der Waals surface area contributed by atoms with E-state index >= 15 is 0 Å². The fraction of sp³-hybridized carbons (Fsp3) is 0.579. The van der Waals surface area contributed by atoms with Crippen molar-refractivity contribution in [2.45, 2.75) is 38.1 Å². The Morgan fingerprint density at radius 3 is 2.64 bits per heavy atom. The first-order valence-corrected chi connectivity index (χ1v) is 9.18. The summed E-state index contributed by atoms with van der Waals surface area (Å²) in [6.45, 7) is 5.63. The summed E-state index contributed by atoms with van der Waals surface area (Å²) >= 11 is 0. The number of nitrogens with one attached hydrogen (secondary N) is 2. The van der Waals surface area contributed by atoms with Gasteiger partial charge in [-0.05, 0) is 43.9 Å². The normalized spacial score (nSPS) is 19.7. The van der Waals surface area contributed by atoms with Crippen molar-refractivity contribution < 1.29 is 14.3 Å². The number of ether oxygens (including phenoxy) is 1. The van der Waals surface area contributed by atoms with Crippen molar-refractivity contribution in [3.8, 4) is 0 Å². The molecule has 0 spiro atoms. The molecular formula is C19H27N3O3. The SMILES string of the molecule is CCCNC(=O)c1cccc(NC(=O)C2(N3CCOCC3)CCC2)c1. The number of carbonyl (C=O) groups excluding carboxylic acids is 2. The standard InChI is InChI=1S/C19H27N3O3/c1-2-9-20-17(23)15-5-3-6-16(14-15)21-18(24)19(7-4-8-19)22-10-12-25-13-11-22/h3,5-6,14H,2,4,7-13H2,1H3,(H,20,23)(H,21,24). The summed E-state index contributed by atoms with van der Waals surface area (Å²) in [4.78, 5) is 27.3. The summed E-state index contributed by atoms with van der Waals surface area (Å²) in [5.74, 6) is -0.0729. The van der Waals surface area contributed by atoms with Crippen molar-refractivity contribution in [2.24, 2.45) is 0 Å². The quantitative estimate of drug-likeness (QED) is 0.827. The van der Waals surface area contributed by atoms with Crippen molar-refractivity contribution in [3.63, 3.8) is 0 Å². The molecule has 6 heteroatoms. The van der Waals surface area contributed by atoms with E-state index in [0.29, 0.717) is 31.0 Å². The topological polar surface area (TPSA) is 70.7 Å². The predicted octanol–water partition coefficient (Wildman–Crippen LogP) is 2.02. The monoisotopic (exact) mass is 345 g/mol. The molecular weight excluding hydrogens is 318 g/mol. The average molecular weight is 345 g/mol. The summed E-state index contributed by atoms with van der Waals surface area (Å²) in [5, 5.41) is 5.89. The third kappa shape index (κ3) is 3.85. The Labute approximate surface area is 148 Å². The van der Waals surface area contributed by atoms with Gasteiger partial charge in [0.25, 0.3) is 5.91 Å². The second kappa shape index (κ2) is 7.97. The molecule has 1 heterocycles. The fourth-order valence-corrected chi connectivity index (χ4v) is 3.52. The molecule has 6 nitrogen and oxygen atoms in total. The first-order valence-electron chi connectivity index (χ1n) is 9.18. The molecule has 1 aliphatic carbocycles. The van der Waals surface area contributed by atoms with Gasteiger partial charge in [0.05, 0.1) is 13.2 Å². The number of benzene rings is 1. The van der Waals surface area contributed by atoms with Crippen LogP contribution < -0.4 is 10.6 Å². The van der Waals surface area contributed by atoms with Crippen LogP contribution in [0.5, 0.6) is 0 Å². The van der Waals surface area contributed by atoms with Crippen molar-refractivity contribution >= 4 is 17.5 Å². The van der Waals surface area contributed by atoms with Crippen LogP contribution in [-0.2, 0) is 9.53 Å². The molecule has 2 fully saturated rings. The van der Waals surface area contributed by atoms with Crippen LogP contribution >= 0.6 is 0 Å². The van der Waals surface area contributed by atoms with Gasteiger partial charge in [0.1, 0.15) is 5.54 Å². The summed E-state index contributed by atoms with van der Waals surface area (Å²) in [6, 6.07) is 7.15. The van der Waals surface area contributed by atoms with Crippen LogP contribution in [0.1, 0.15) is 43.0 Å². The maximum absolute atomic E-state index is 13.0. The molecule has 2 aliphatic rings. The number of amides is 2. The fourth-order valence-electron chi connectivity index (χ4n) is 3.52. The number of nitrogens with zero attached hydrogens (tertiary/aromatic N) is 1. The third-order valence-corrected chi connectivity index (χ3v) is 5.14. The van der Waals surface area contributed by atoms with Gasteiger partial charge in [-0.2, -0.15) is 0 Å². The molecule has 0 bridgehead atoms. The Morgan fingerprint density at radius 2 is 2.00 bits per heavy atom. The summed E-state index contributed by atoms with van der Waals surface area (Å²) in [6.07, 6.45) is 3.74. The maximum atomic E-state index is 13.0. The van der Waals surface area contributed by atoms with E-state index in [1.165, 1.54) is 0 Å². The van der Waals surface area contributed by atoms with E-state index in [1.807, 2.05) is 13.0 Å². The molecule has 1 aromatic carbocycles. The molecule has 1 saturated carbocycles. The highest BCUT2D eigenvalue weighted by Crippen LogP contribution is 2.39. The molecule has 0 atom stereocenters. The zero-order valence-corrected chi connectivity index (χ0v) is 14.8. The van der Waals surface area contributed by atoms with Crippen LogP contribution in [-0.4, -0.2) is 55.1 Å². The van der Waals surface area contributed by atoms with E-state index < -0.39 is 5.54 Å². The molecule has 3 rings (SSSR count). The van der Waals surface area contributed by atoms with Crippen LogP contribution in [0.2, 0.25) is 0 Å². The van der Waals surface area contributed by atoms with Gasteiger partial charge in [-0.25, -0.2) is 0 Å². The van der Waals surface area contributed by atoms with Crippen LogP contribution in [0, 0.1) is 0 Å². The van der Waals surface area contributed by atoms with Crippen LogP contribution in [0.3, 0.4) is 0 Å². The van der Waals surface area contributed by atoms with Crippen molar-refractivity contribution in [3.05, 3.63) is 29.8 Å². The highest BCUT2D eigenvalue weighted by Gasteiger charge is 2.49. The second-order valence-electron chi connectivity index (χ2n) is 6.78. The first kappa shape index (κ1) is 17.9. The van der Waals surface area contributed by atoms with Gasteiger partial charge in [-0.1, -0.05) is 13.0 Å². The van der Waals surface area contributed by atoms with Crippen molar-refractivity contribution in [2.75, 3.05) is 38.2 Å². The third-order valence-electron chi connectivity index (χ3n) is 5.14. The molecule has 1 aliphatic heterocycles. The zero-order chi connectivity index (χ0) is 17.7. The molecule has 1 aromatic rings. The van der Waals surface area contributed by atoms with Gasteiger partial charge in [0, 0.05) is 30.9 Å². The van der Waals surface area contributed by atoms with E-state index in [2.05, 4.69) is 15.5 Å². The van der Waals surface area contributed by atoms with E-state index in [1.54, 1.807) is 18.2 Å². The van der Waals surface area contributed by atoms with Gasteiger partial charge in [-0.3, -0.25) is 14.5 Å². The Kier molecular flexibility index (Phi) is 5.71. The highest BCUT2D eigenvalue weighted by molar-refractivity contribution is 6.00. The number of carbonyl (C=O) groups is 2. The number of hydrogen-bond acceptors (Lipinski definition) is 4. The highest BCUT2D eigenvalue weighted by atomic mass is 16.5. The lowest BCUT2D eigenvalue weighted by Crippen LogP contribution is -2.63. The van der Waals surface area contributed by atoms with Crippen LogP contribution in [0.4, 0.5) is 5.69 Å². The van der Waals surface area contributed by atoms with E-state index in [0.717, 1.165) is 38.8 Å². The Hall–Kier alpha value is -1.92. The van der Waals surface area contributed by atoms with Crippen LogP contribution in [0.25, 0.3) is 0 Å². The van der Waals surface area contributed by atoms with E-state index in [4.69, 9.17) is 4.74 Å². The number of rotatable bonds is 6. The molecule has 25 heavy (non-hydrogen) atoms. The van der Waals surface area contributed by atoms with Crippen molar-refractivity contribution in [1.29, 1.82) is 0 Å². The smallest absolute Gasteiger partial charge is 0.251 e. The van der Waals surface area contributed by atoms with E-state index in [9.17, 15) is 9.59 Å². The Balaban J connectivity index is 1.68. The molecule has 0 radical (unpaired) electrons. The minimum Gasteiger partial charge on any atom is -0.379 e. The minimum absolute atomic E-state index is 0.0340. The minimum atomic E-state index is -0.412. The molecule has 136 valence electrons. The van der Waals surface area contributed by atoms with Gasteiger partial charge < -0.3 is 15.4 Å². The second-order valence-corrected chi connectivity index (χ2v) is 6.78. The Morgan fingerprint density at radius 1 is 1.24 bits per heavy atom. The summed E-state index contributed by atoms with van der Waals surface area (Å²) in [7, 11) is 0. The lowest BCUT2D eigenvalue weighted by atomic mass is 9.74. The van der Waals surface area contributed by atoms with E-state index in [-0.39, 0.29) is 11.8 Å². The first-order chi connectivity index (χ1) is 12.2. The number of morpholine rings is 1. The molecule has 0 unspecified atom stereocenters. The number of anilines is 1. The molecule has 2 amide bonds. The van der Waals surface area contributed by atoms with Gasteiger partial charge in [0.2, 0.25) is 5.91 Å². The average Bonchev–Trinajstić information content (AvgIpc) is 2.60. The van der Waals surface area contributed by atoms with Crippen LogP contribution in [0.15, 0.2) is 24.3 Å². The summed E-state index contributed by atoms with van der Waals surface area (Å²) < 4.78 is 5.42. The van der Waals surface area contributed by atoms with Gasteiger partial charge in [-0.15, -0.1) is 0 Å². The van der Waals surface area contributed by atoms with Gasteiger partial charge >= 0.3 is 0 Å². The Bertz CT molecular complexity index is 622. The maximum Gasteiger partial charge on any atom is 0.251 e. The molecule has 0 aromatic heterocycles. The number of hydrogen-bond donors (Lipinski definition) is 2. The lowest BCUT2D eigenvalue weighted by Gasteiger charge is -2.49. The largest absolute Gasteiger partial charge is 0.379 e. The summed E-state index contributed by atoms with van der Waals surface area (Å²) in [5.41, 5.74) is 0.832. The predicted molar refractivity (Wildman–Crippen MR) is 96.7 cm³/mol. The lowest BCUT2D eigenvalue weighted by molar-refractivity contribution is -0.139. The molecule has 1 saturated heterocycles. The van der Waals surface area contributed by atoms with Crippen molar-refractivity contribution in [1.82, 2.24) is 10.2 Å². The molecule has 2 N–H and O–H groups in total. The van der Waals surface area contributed by atoms with Gasteiger partial charge in [0.15, 0.2) is 0 Å². The zero-order valence-electron chi connectivity index (χ0n) is 14.8.